The molecule has 0 unspecified atom stereocenters. The maximum absolute atomic E-state index is 12.9. The van der Waals surface area contributed by atoms with Gasteiger partial charge in [-0.3, -0.25) is 0 Å². The van der Waals surface area contributed by atoms with Crippen LogP contribution in [0.2, 0.25) is 0 Å². The first kappa shape index (κ1) is 20.3. The van der Waals surface area contributed by atoms with E-state index < -0.39 is 15.6 Å². The van der Waals surface area contributed by atoms with Crippen LogP contribution in [0.3, 0.4) is 0 Å². The van der Waals surface area contributed by atoms with Crippen LogP contribution in [0.1, 0.15) is 56.9 Å². The van der Waals surface area contributed by atoms with Crippen LogP contribution >= 0.6 is 0 Å². The van der Waals surface area contributed by atoms with Crippen LogP contribution in [0, 0.1) is 12.3 Å². The van der Waals surface area contributed by atoms with Gasteiger partial charge in [0, 0.05) is 19.6 Å². The lowest BCUT2D eigenvalue weighted by Crippen LogP contribution is -2.50. The molecule has 1 N–H and O–H groups in total. The summed E-state index contributed by atoms with van der Waals surface area (Å²) in [5.41, 5.74) is 0.747. The number of piperidine rings is 1. The van der Waals surface area contributed by atoms with Gasteiger partial charge in [-0.05, 0) is 88.9 Å². The van der Waals surface area contributed by atoms with Crippen LogP contribution in [-0.2, 0) is 10.0 Å². The SMILES string of the molecule is Cc1ccc(S(=O)(=O)N2CCC3(CC2)CCC(O)(CN2CCCC2)CC3)cc1. The van der Waals surface area contributed by atoms with Gasteiger partial charge in [-0.2, -0.15) is 4.31 Å². The van der Waals surface area contributed by atoms with Gasteiger partial charge in [-0.15, -0.1) is 0 Å². The van der Waals surface area contributed by atoms with Gasteiger partial charge in [-0.1, -0.05) is 17.7 Å². The van der Waals surface area contributed by atoms with Crippen LogP contribution in [0.5, 0.6) is 0 Å². The fraction of sp³-hybridized carbons (Fsp3) is 0.727. The van der Waals surface area contributed by atoms with Crippen molar-refractivity contribution in [2.24, 2.45) is 5.41 Å². The topological polar surface area (TPSA) is 60.9 Å². The van der Waals surface area contributed by atoms with Crippen molar-refractivity contribution < 1.29 is 13.5 Å². The van der Waals surface area contributed by atoms with Gasteiger partial charge in [0.05, 0.1) is 10.5 Å². The van der Waals surface area contributed by atoms with Crippen molar-refractivity contribution in [3.05, 3.63) is 29.8 Å². The summed E-state index contributed by atoms with van der Waals surface area (Å²) in [6, 6.07) is 7.16. The molecule has 1 aromatic carbocycles. The highest BCUT2D eigenvalue weighted by atomic mass is 32.2. The Kier molecular flexibility index (Phi) is 5.60. The van der Waals surface area contributed by atoms with E-state index in [4.69, 9.17) is 0 Å². The summed E-state index contributed by atoms with van der Waals surface area (Å²) in [4.78, 5) is 2.81. The number of β-amino-alcohol motifs (C(OH)–C–C–N with tert-alkyl or cyclic N) is 1. The van der Waals surface area contributed by atoms with Gasteiger partial charge in [0.1, 0.15) is 0 Å². The smallest absolute Gasteiger partial charge is 0.243 e. The van der Waals surface area contributed by atoms with Crippen LogP contribution in [0.15, 0.2) is 29.2 Å². The maximum Gasteiger partial charge on any atom is 0.243 e. The fourth-order valence-electron chi connectivity index (χ4n) is 5.32. The first-order valence-electron chi connectivity index (χ1n) is 10.8. The van der Waals surface area contributed by atoms with Crippen molar-refractivity contribution in [1.29, 1.82) is 0 Å². The Balaban J connectivity index is 1.34. The molecule has 0 amide bonds. The van der Waals surface area contributed by atoms with E-state index in [-0.39, 0.29) is 5.41 Å². The predicted molar refractivity (Wildman–Crippen MR) is 111 cm³/mol. The molecule has 2 saturated heterocycles. The third-order valence-corrected chi connectivity index (χ3v) is 9.31. The van der Waals surface area contributed by atoms with E-state index in [0.29, 0.717) is 18.0 Å². The number of hydrogen-bond acceptors (Lipinski definition) is 4. The molecule has 3 fully saturated rings. The number of aliphatic hydroxyl groups is 1. The second-order valence-electron chi connectivity index (χ2n) is 9.42. The second kappa shape index (κ2) is 7.71. The second-order valence-corrected chi connectivity index (χ2v) is 11.4. The lowest BCUT2D eigenvalue weighted by atomic mass is 9.64. The Hall–Kier alpha value is -0.950. The van der Waals surface area contributed by atoms with Crippen molar-refractivity contribution in [3.8, 4) is 0 Å². The minimum Gasteiger partial charge on any atom is -0.389 e. The zero-order chi connectivity index (χ0) is 19.8. The molecule has 28 heavy (non-hydrogen) atoms. The van der Waals surface area contributed by atoms with Gasteiger partial charge in [0.25, 0.3) is 0 Å². The third-order valence-electron chi connectivity index (χ3n) is 7.40. The molecule has 0 bridgehead atoms. The van der Waals surface area contributed by atoms with E-state index in [1.165, 1.54) is 12.8 Å². The van der Waals surface area contributed by atoms with Crippen LogP contribution in [0.25, 0.3) is 0 Å². The molecule has 5 nitrogen and oxygen atoms in total. The zero-order valence-electron chi connectivity index (χ0n) is 17.1. The van der Waals surface area contributed by atoms with Gasteiger partial charge < -0.3 is 10.0 Å². The Morgan fingerprint density at radius 1 is 0.893 bits per heavy atom. The molecule has 1 spiro atoms. The number of benzene rings is 1. The molecule has 3 aliphatic rings. The number of hydrogen-bond donors (Lipinski definition) is 1. The summed E-state index contributed by atoms with van der Waals surface area (Å²) in [5, 5.41) is 11.0. The summed E-state index contributed by atoms with van der Waals surface area (Å²) < 4.78 is 27.6. The lowest BCUT2D eigenvalue weighted by molar-refractivity contribution is -0.0625. The van der Waals surface area contributed by atoms with Crippen LogP contribution in [0.4, 0.5) is 0 Å². The minimum absolute atomic E-state index is 0.219. The fourth-order valence-corrected chi connectivity index (χ4v) is 6.76. The van der Waals surface area contributed by atoms with Gasteiger partial charge >= 0.3 is 0 Å². The number of sulfonamides is 1. The normalized spacial score (nSPS) is 25.9. The van der Waals surface area contributed by atoms with Crippen molar-refractivity contribution in [2.45, 2.75) is 68.8 Å². The molecule has 1 aromatic rings. The standard InChI is InChI=1S/C22H34N2O3S/c1-19-4-6-20(7-5-19)28(26,27)24-16-12-21(13-17-24)8-10-22(25,11-9-21)18-23-14-2-3-15-23/h4-7,25H,2-3,8-18H2,1H3. The molecule has 1 saturated carbocycles. The summed E-state index contributed by atoms with van der Waals surface area (Å²) in [7, 11) is -3.40. The maximum atomic E-state index is 12.9. The number of rotatable bonds is 4. The first-order chi connectivity index (χ1) is 13.3. The largest absolute Gasteiger partial charge is 0.389 e. The van der Waals surface area contributed by atoms with Crippen LogP contribution in [-0.4, -0.2) is 61.1 Å². The van der Waals surface area contributed by atoms with Crippen molar-refractivity contribution >= 4 is 10.0 Å². The molecule has 2 heterocycles. The van der Waals surface area contributed by atoms with Crippen molar-refractivity contribution in [3.63, 3.8) is 0 Å². The van der Waals surface area contributed by atoms with Gasteiger partial charge in [-0.25, -0.2) is 8.42 Å². The lowest BCUT2D eigenvalue weighted by Gasteiger charge is -2.48. The van der Waals surface area contributed by atoms with Crippen molar-refractivity contribution in [2.75, 3.05) is 32.7 Å². The molecule has 156 valence electrons. The van der Waals surface area contributed by atoms with E-state index in [9.17, 15) is 13.5 Å². The van der Waals surface area contributed by atoms with E-state index >= 15 is 0 Å². The monoisotopic (exact) mass is 406 g/mol. The zero-order valence-corrected chi connectivity index (χ0v) is 17.9. The Bertz CT molecular complexity index is 767. The Morgan fingerprint density at radius 3 is 2.04 bits per heavy atom. The van der Waals surface area contributed by atoms with Gasteiger partial charge in [0.15, 0.2) is 0 Å². The van der Waals surface area contributed by atoms with Gasteiger partial charge in [0.2, 0.25) is 10.0 Å². The molecule has 2 aliphatic heterocycles. The van der Waals surface area contributed by atoms with E-state index in [2.05, 4.69) is 4.90 Å². The average molecular weight is 407 g/mol. The number of likely N-dealkylation sites (tertiary alicyclic amines) is 1. The summed E-state index contributed by atoms with van der Waals surface area (Å²) in [5.74, 6) is 0. The molecule has 6 heteroatoms. The highest BCUT2D eigenvalue weighted by Gasteiger charge is 2.45. The predicted octanol–water partition coefficient (Wildman–Crippen LogP) is 3.17. The highest BCUT2D eigenvalue weighted by molar-refractivity contribution is 7.89. The number of nitrogens with zero attached hydrogens (tertiary/aromatic N) is 2. The molecule has 0 atom stereocenters. The first-order valence-corrected chi connectivity index (χ1v) is 12.3. The molecular weight excluding hydrogens is 372 g/mol. The Labute approximate surface area is 169 Å². The summed E-state index contributed by atoms with van der Waals surface area (Å²) in [6.07, 6.45) is 8.10. The highest BCUT2D eigenvalue weighted by Crippen LogP contribution is 2.48. The molecular formula is C22H34N2O3S. The van der Waals surface area contributed by atoms with E-state index in [0.717, 1.165) is 63.7 Å². The number of aryl methyl sites for hydroxylation is 1. The van der Waals surface area contributed by atoms with E-state index in [1.54, 1.807) is 16.4 Å². The van der Waals surface area contributed by atoms with E-state index in [1.807, 2.05) is 19.1 Å². The average Bonchev–Trinajstić information content (AvgIpc) is 3.18. The van der Waals surface area contributed by atoms with Crippen LogP contribution < -0.4 is 0 Å². The summed E-state index contributed by atoms with van der Waals surface area (Å²) >= 11 is 0. The summed E-state index contributed by atoms with van der Waals surface area (Å²) in [6.45, 7) is 6.23. The Morgan fingerprint density at radius 2 is 1.46 bits per heavy atom. The minimum atomic E-state index is -3.40. The molecule has 1 aliphatic carbocycles. The molecule has 0 aromatic heterocycles. The quantitative estimate of drug-likeness (QED) is 0.834. The third kappa shape index (κ3) is 4.16. The van der Waals surface area contributed by atoms with Crippen molar-refractivity contribution in [1.82, 2.24) is 9.21 Å². The molecule has 4 rings (SSSR count). The molecule has 0 radical (unpaired) electrons.